The number of carbonyl (C=O) groups is 1. The molecule has 2 aromatic rings. The molecule has 2 N–H and O–H groups in total. The number of piperidine rings is 1. The van der Waals surface area contributed by atoms with E-state index < -0.39 is 0 Å². The van der Waals surface area contributed by atoms with E-state index in [0.29, 0.717) is 24.2 Å². The van der Waals surface area contributed by atoms with Crippen LogP contribution in [-0.2, 0) is 11.3 Å². The maximum atomic E-state index is 12.0. The molecule has 7 heteroatoms. The molecular formula is C24H30N4O2S. The van der Waals surface area contributed by atoms with E-state index in [1.54, 1.807) is 0 Å². The molecule has 2 fully saturated rings. The van der Waals surface area contributed by atoms with Crippen molar-refractivity contribution in [3.05, 3.63) is 54.1 Å². The van der Waals surface area contributed by atoms with Crippen LogP contribution in [0.3, 0.4) is 0 Å². The van der Waals surface area contributed by atoms with Gasteiger partial charge in [0.2, 0.25) is 5.91 Å². The summed E-state index contributed by atoms with van der Waals surface area (Å²) in [6.45, 7) is 3.59. The summed E-state index contributed by atoms with van der Waals surface area (Å²) < 4.78 is 6.11. The molecule has 164 valence electrons. The van der Waals surface area contributed by atoms with Gasteiger partial charge in [-0.25, -0.2) is 0 Å². The zero-order chi connectivity index (χ0) is 21.6. The standard InChI is InChI=1S/C24H30N4O2S/c1-27-14-11-22(12-15-27)30-21-9-7-18(8-10-21)17-25-24(31)26-19-4-2-5-20(16-19)28-13-3-6-23(28)29/h2,4-5,7-10,16,22H,3,6,11-15,17H2,1H3,(H2,25,26,31). The molecule has 0 radical (unpaired) electrons. The van der Waals surface area contributed by atoms with Crippen molar-refractivity contribution in [2.75, 3.05) is 36.9 Å². The van der Waals surface area contributed by atoms with Crippen molar-refractivity contribution in [3.63, 3.8) is 0 Å². The van der Waals surface area contributed by atoms with Crippen molar-refractivity contribution in [2.24, 2.45) is 0 Å². The number of nitrogens with one attached hydrogen (secondary N) is 2. The summed E-state index contributed by atoms with van der Waals surface area (Å²) in [7, 11) is 2.16. The Morgan fingerprint density at radius 1 is 1.13 bits per heavy atom. The van der Waals surface area contributed by atoms with Crippen molar-refractivity contribution >= 4 is 34.6 Å². The summed E-state index contributed by atoms with van der Waals surface area (Å²) in [4.78, 5) is 16.1. The fourth-order valence-electron chi connectivity index (χ4n) is 4.01. The molecule has 2 heterocycles. The summed E-state index contributed by atoms with van der Waals surface area (Å²) in [5.74, 6) is 1.10. The minimum atomic E-state index is 0.182. The quantitative estimate of drug-likeness (QED) is 0.670. The first-order chi connectivity index (χ1) is 15.1. The lowest BCUT2D eigenvalue weighted by atomic mass is 10.1. The third-order valence-corrected chi connectivity index (χ3v) is 6.08. The maximum absolute atomic E-state index is 12.0. The molecule has 2 saturated heterocycles. The van der Waals surface area contributed by atoms with E-state index in [0.717, 1.165) is 61.6 Å². The Hall–Kier alpha value is -2.64. The molecule has 31 heavy (non-hydrogen) atoms. The highest BCUT2D eigenvalue weighted by molar-refractivity contribution is 7.80. The van der Waals surface area contributed by atoms with Crippen LogP contribution in [0.15, 0.2) is 48.5 Å². The van der Waals surface area contributed by atoms with E-state index in [9.17, 15) is 4.79 Å². The van der Waals surface area contributed by atoms with E-state index in [-0.39, 0.29) is 5.91 Å². The smallest absolute Gasteiger partial charge is 0.227 e. The lowest BCUT2D eigenvalue weighted by Crippen LogP contribution is -2.35. The molecule has 0 unspecified atom stereocenters. The molecular weight excluding hydrogens is 408 g/mol. The number of rotatable bonds is 6. The van der Waals surface area contributed by atoms with Gasteiger partial charge in [0.15, 0.2) is 5.11 Å². The second kappa shape index (κ2) is 10.1. The average molecular weight is 439 g/mol. The predicted molar refractivity (Wildman–Crippen MR) is 129 cm³/mol. The molecule has 2 aliphatic rings. The van der Waals surface area contributed by atoms with E-state index in [1.807, 2.05) is 41.3 Å². The topological polar surface area (TPSA) is 56.8 Å². The summed E-state index contributed by atoms with van der Waals surface area (Å²) in [5.41, 5.74) is 2.92. The molecule has 0 atom stereocenters. The number of carbonyl (C=O) groups excluding carboxylic acids is 1. The van der Waals surface area contributed by atoms with Crippen molar-refractivity contribution in [3.8, 4) is 5.75 Å². The lowest BCUT2D eigenvalue weighted by Gasteiger charge is -2.29. The predicted octanol–water partition coefficient (Wildman–Crippen LogP) is 3.77. The zero-order valence-corrected chi connectivity index (χ0v) is 18.8. The Bertz CT molecular complexity index is 910. The first-order valence-corrected chi connectivity index (χ1v) is 11.4. The zero-order valence-electron chi connectivity index (χ0n) is 18.0. The van der Waals surface area contributed by atoms with E-state index in [2.05, 4.69) is 34.7 Å². The third kappa shape index (κ3) is 5.95. The Labute approximate surface area is 189 Å². The number of hydrogen-bond donors (Lipinski definition) is 2. The molecule has 0 bridgehead atoms. The summed E-state index contributed by atoms with van der Waals surface area (Å²) >= 11 is 5.45. The fraction of sp³-hybridized carbons (Fsp3) is 0.417. The Morgan fingerprint density at radius 2 is 1.90 bits per heavy atom. The summed E-state index contributed by atoms with van der Waals surface area (Å²) in [5, 5.41) is 7.01. The Kier molecular flexibility index (Phi) is 7.04. The van der Waals surface area contributed by atoms with Gasteiger partial charge in [0.1, 0.15) is 11.9 Å². The van der Waals surface area contributed by atoms with Crippen LogP contribution in [0.1, 0.15) is 31.2 Å². The summed E-state index contributed by atoms with van der Waals surface area (Å²) in [6.07, 6.45) is 4.00. The minimum absolute atomic E-state index is 0.182. The fourth-order valence-corrected chi connectivity index (χ4v) is 4.20. The number of amides is 1. The maximum Gasteiger partial charge on any atom is 0.227 e. The number of likely N-dealkylation sites (tertiary alicyclic amines) is 1. The third-order valence-electron chi connectivity index (χ3n) is 5.83. The van der Waals surface area contributed by atoms with Gasteiger partial charge in [0.25, 0.3) is 0 Å². The first kappa shape index (κ1) is 21.6. The van der Waals surface area contributed by atoms with E-state index in [4.69, 9.17) is 17.0 Å². The van der Waals surface area contributed by atoms with Crippen molar-refractivity contribution in [2.45, 2.75) is 38.3 Å². The van der Waals surface area contributed by atoms with Crippen LogP contribution >= 0.6 is 12.2 Å². The molecule has 2 aromatic carbocycles. The van der Waals surface area contributed by atoms with Gasteiger partial charge in [0.05, 0.1) is 0 Å². The summed E-state index contributed by atoms with van der Waals surface area (Å²) in [6, 6.07) is 16.0. The van der Waals surface area contributed by atoms with Crippen LogP contribution in [-0.4, -0.2) is 48.7 Å². The molecule has 1 amide bonds. The lowest BCUT2D eigenvalue weighted by molar-refractivity contribution is -0.117. The average Bonchev–Trinajstić information content (AvgIpc) is 3.21. The van der Waals surface area contributed by atoms with Crippen LogP contribution in [0.25, 0.3) is 0 Å². The first-order valence-electron chi connectivity index (χ1n) is 11.0. The Morgan fingerprint density at radius 3 is 2.61 bits per heavy atom. The minimum Gasteiger partial charge on any atom is -0.490 e. The molecule has 6 nitrogen and oxygen atoms in total. The van der Waals surface area contributed by atoms with Gasteiger partial charge in [0, 0.05) is 44.0 Å². The van der Waals surface area contributed by atoms with Gasteiger partial charge in [-0.05, 0) is 74.4 Å². The highest BCUT2D eigenvalue weighted by Gasteiger charge is 2.21. The van der Waals surface area contributed by atoms with Crippen LogP contribution in [0, 0.1) is 0 Å². The van der Waals surface area contributed by atoms with Gasteiger partial charge in [-0.1, -0.05) is 18.2 Å². The number of anilines is 2. The van der Waals surface area contributed by atoms with Crippen LogP contribution in [0.5, 0.6) is 5.75 Å². The van der Waals surface area contributed by atoms with Crippen LogP contribution < -0.4 is 20.3 Å². The molecule has 0 aromatic heterocycles. The number of ether oxygens (including phenoxy) is 1. The normalized spacial score (nSPS) is 17.6. The van der Waals surface area contributed by atoms with Gasteiger partial charge in [-0.15, -0.1) is 0 Å². The number of thiocarbonyl (C=S) groups is 1. The highest BCUT2D eigenvalue weighted by atomic mass is 32.1. The van der Waals surface area contributed by atoms with Gasteiger partial charge in [-0.3, -0.25) is 4.79 Å². The molecule has 0 aliphatic carbocycles. The van der Waals surface area contributed by atoms with Gasteiger partial charge < -0.3 is 25.2 Å². The molecule has 0 spiro atoms. The second-order valence-corrected chi connectivity index (χ2v) is 8.68. The molecule has 2 aliphatic heterocycles. The van der Waals surface area contributed by atoms with Gasteiger partial charge in [-0.2, -0.15) is 0 Å². The Balaban J connectivity index is 1.25. The molecule has 4 rings (SSSR count). The number of nitrogens with zero attached hydrogens (tertiary/aromatic N) is 2. The second-order valence-electron chi connectivity index (χ2n) is 8.27. The van der Waals surface area contributed by atoms with Crippen molar-refractivity contribution in [1.82, 2.24) is 10.2 Å². The monoisotopic (exact) mass is 438 g/mol. The van der Waals surface area contributed by atoms with Gasteiger partial charge >= 0.3 is 0 Å². The van der Waals surface area contributed by atoms with E-state index in [1.165, 1.54) is 0 Å². The van der Waals surface area contributed by atoms with Crippen molar-refractivity contribution < 1.29 is 9.53 Å². The largest absolute Gasteiger partial charge is 0.490 e. The molecule has 0 saturated carbocycles. The number of hydrogen-bond acceptors (Lipinski definition) is 4. The van der Waals surface area contributed by atoms with Crippen LogP contribution in [0.2, 0.25) is 0 Å². The van der Waals surface area contributed by atoms with Crippen LogP contribution in [0.4, 0.5) is 11.4 Å². The number of benzene rings is 2. The van der Waals surface area contributed by atoms with E-state index >= 15 is 0 Å². The highest BCUT2D eigenvalue weighted by Crippen LogP contribution is 2.24. The van der Waals surface area contributed by atoms with Crippen molar-refractivity contribution in [1.29, 1.82) is 0 Å². The SMILES string of the molecule is CN1CCC(Oc2ccc(CNC(=S)Nc3cccc(N4CCCC4=O)c3)cc2)CC1.